The van der Waals surface area contributed by atoms with Crippen LogP contribution in [0.1, 0.15) is 6.92 Å². The fourth-order valence-electron chi connectivity index (χ4n) is 1.30. The summed E-state index contributed by atoms with van der Waals surface area (Å²) >= 11 is 7.38. The maximum atomic E-state index is 13.0. The number of aliphatic imine (C=N–C) groups is 1. The highest BCUT2D eigenvalue weighted by Gasteiger charge is 2.15. The van der Waals surface area contributed by atoms with E-state index in [1.165, 1.54) is 12.1 Å². The van der Waals surface area contributed by atoms with Crippen LogP contribution in [0.3, 0.4) is 0 Å². The van der Waals surface area contributed by atoms with Crippen molar-refractivity contribution in [2.45, 2.75) is 12.2 Å². The lowest BCUT2D eigenvalue weighted by molar-refractivity contribution is 0.628. The molecule has 0 radical (unpaired) electrons. The number of rotatable bonds is 1. The van der Waals surface area contributed by atoms with Crippen LogP contribution < -0.4 is 5.32 Å². The predicted molar refractivity (Wildman–Crippen MR) is 64.4 cm³/mol. The number of nitrogens with zero attached hydrogens (tertiary/aromatic N) is 1. The molecule has 1 atom stereocenters. The van der Waals surface area contributed by atoms with E-state index in [1.54, 1.807) is 17.8 Å². The van der Waals surface area contributed by atoms with Crippen molar-refractivity contribution in [1.82, 2.24) is 0 Å². The number of anilines is 1. The lowest BCUT2D eigenvalue weighted by atomic mass is 10.3. The van der Waals surface area contributed by atoms with E-state index in [-0.39, 0.29) is 5.82 Å². The van der Waals surface area contributed by atoms with Crippen LogP contribution in [-0.2, 0) is 0 Å². The lowest BCUT2D eigenvalue weighted by Crippen LogP contribution is -2.06. The number of hydrogen-bond donors (Lipinski definition) is 1. The average molecular weight is 245 g/mol. The zero-order valence-corrected chi connectivity index (χ0v) is 9.70. The maximum absolute atomic E-state index is 13.0. The third kappa shape index (κ3) is 2.86. The second kappa shape index (κ2) is 4.41. The molecule has 1 aromatic rings. The molecule has 0 fully saturated rings. The van der Waals surface area contributed by atoms with E-state index in [4.69, 9.17) is 11.6 Å². The van der Waals surface area contributed by atoms with Gasteiger partial charge in [-0.2, -0.15) is 0 Å². The first-order valence-electron chi connectivity index (χ1n) is 4.58. The van der Waals surface area contributed by atoms with Gasteiger partial charge >= 0.3 is 0 Å². The minimum atomic E-state index is -0.346. The molecule has 1 unspecified atom stereocenters. The van der Waals surface area contributed by atoms with Crippen LogP contribution in [0, 0.1) is 5.82 Å². The van der Waals surface area contributed by atoms with Crippen molar-refractivity contribution in [3.05, 3.63) is 29.0 Å². The fourth-order valence-corrected chi connectivity index (χ4v) is 2.37. The molecule has 1 heterocycles. The average Bonchev–Trinajstić information content (AvgIpc) is 2.49. The summed E-state index contributed by atoms with van der Waals surface area (Å²) in [5, 5.41) is 4.73. The number of amidine groups is 1. The van der Waals surface area contributed by atoms with Gasteiger partial charge in [0.25, 0.3) is 0 Å². The lowest BCUT2D eigenvalue weighted by Gasteiger charge is -2.06. The van der Waals surface area contributed by atoms with Gasteiger partial charge in [0.15, 0.2) is 5.17 Å². The molecule has 1 aliphatic heterocycles. The second-order valence-corrected chi connectivity index (χ2v) is 5.22. The summed E-state index contributed by atoms with van der Waals surface area (Å²) in [5.74, 6) is -0.346. The van der Waals surface area contributed by atoms with Crippen LogP contribution in [0.2, 0.25) is 5.02 Å². The van der Waals surface area contributed by atoms with E-state index in [1.807, 2.05) is 0 Å². The van der Waals surface area contributed by atoms with E-state index in [2.05, 4.69) is 17.2 Å². The van der Waals surface area contributed by atoms with Gasteiger partial charge in [-0.1, -0.05) is 30.3 Å². The van der Waals surface area contributed by atoms with E-state index >= 15 is 0 Å². The third-order valence-corrected chi connectivity index (χ3v) is 3.14. The molecule has 1 aliphatic rings. The molecule has 2 rings (SSSR count). The summed E-state index contributed by atoms with van der Waals surface area (Å²) in [6.07, 6.45) is 0. The Kier molecular flexibility index (Phi) is 3.17. The van der Waals surface area contributed by atoms with Gasteiger partial charge in [-0.05, 0) is 18.2 Å². The SMILES string of the molecule is CC1CN=C(Nc2cc(F)cc(Cl)c2)S1. The molecular formula is C10H10ClFN2S. The quantitative estimate of drug-likeness (QED) is 0.819. The molecule has 0 saturated carbocycles. The molecule has 1 N–H and O–H groups in total. The Morgan fingerprint density at radius 3 is 2.93 bits per heavy atom. The van der Waals surface area contributed by atoms with Gasteiger partial charge in [-0.25, -0.2) is 4.39 Å². The van der Waals surface area contributed by atoms with Gasteiger partial charge in [0.1, 0.15) is 5.82 Å². The van der Waals surface area contributed by atoms with Crippen molar-refractivity contribution in [3.8, 4) is 0 Å². The van der Waals surface area contributed by atoms with Gasteiger partial charge in [-0.3, -0.25) is 4.99 Å². The van der Waals surface area contributed by atoms with Crippen molar-refractivity contribution >= 4 is 34.2 Å². The first-order valence-corrected chi connectivity index (χ1v) is 5.83. The van der Waals surface area contributed by atoms with Crippen molar-refractivity contribution in [1.29, 1.82) is 0 Å². The minimum absolute atomic E-state index is 0.346. The fraction of sp³-hybridized carbons (Fsp3) is 0.300. The summed E-state index contributed by atoms with van der Waals surface area (Å²) in [5.41, 5.74) is 0.639. The van der Waals surface area contributed by atoms with Gasteiger partial charge in [0, 0.05) is 16.0 Å². The van der Waals surface area contributed by atoms with Gasteiger partial charge in [-0.15, -0.1) is 0 Å². The van der Waals surface area contributed by atoms with E-state index in [9.17, 15) is 4.39 Å². The molecular weight excluding hydrogens is 235 g/mol. The monoisotopic (exact) mass is 244 g/mol. The van der Waals surface area contributed by atoms with Gasteiger partial charge < -0.3 is 5.32 Å². The Balaban J connectivity index is 2.11. The third-order valence-electron chi connectivity index (χ3n) is 1.92. The zero-order valence-electron chi connectivity index (χ0n) is 8.13. The Bertz CT molecular complexity index is 388. The standard InChI is InChI=1S/C10H10ClFN2S/c1-6-5-13-10(15-6)14-9-3-7(11)2-8(12)4-9/h2-4,6H,5H2,1H3,(H,13,14). The van der Waals surface area contributed by atoms with Gasteiger partial charge in [0.05, 0.1) is 6.54 Å². The normalized spacial score (nSPS) is 20.2. The van der Waals surface area contributed by atoms with Gasteiger partial charge in [0.2, 0.25) is 0 Å². The Hall–Kier alpha value is -0.740. The number of halogens is 2. The minimum Gasteiger partial charge on any atom is -0.335 e. The highest BCUT2D eigenvalue weighted by Crippen LogP contribution is 2.24. The van der Waals surface area contributed by atoms with Crippen LogP contribution in [0.25, 0.3) is 0 Å². The van der Waals surface area contributed by atoms with Crippen molar-refractivity contribution in [2.75, 3.05) is 11.9 Å². The van der Waals surface area contributed by atoms with E-state index < -0.39 is 0 Å². The molecule has 0 aliphatic carbocycles. The van der Waals surface area contributed by atoms with Crippen molar-refractivity contribution in [2.24, 2.45) is 4.99 Å². The molecule has 5 heteroatoms. The molecule has 15 heavy (non-hydrogen) atoms. The highest BCUT2D eigenvalue weighted by atomic mass is 35.5. The smallest absolute Gasteiger partial charge is 0.161 e. The Labute approximate surface area is 96.9 Å². The van der Waals surface area contributed by atoms with Crippen LogP contribution in [0.5, 0.6) is 0 Å². The topological polar surface area (TPSA) is 24.4 Å². The first kappa shape index (κ1) is 10.8. The summed E-state index contributed by atoms with van der Waals surface area (Å²) in [6.45, 7) is 2.90. The number of benzene rings is 1. The Morgan fingerprint density at radius 2 is 2.33 bits per heavy atom. The van der Waals surface area contributed by atoms with Crippen molar-refractivity contribution in [3.63, 3.8) is 0 Å². The molecule has 0 amide bonds. The summed E-state index contributed by atoms with van der Waals surface area (Å²) in [6, 6.07) is 4.35. The highest BCUT2D eigenvalue weighted by molar-refractivity contribution is 8.15. The molecule has 0 bridgehead atoms. The predicted octanol–water partition coefficient (Wildman–Crippen LogP) is 3.38. The van der Waals surface area contributed by atoms with Crippen LogP contribution in [0.15, 0.2) is 23.2 Å². The number of nitrogens with one attached hydrogen (secondary N) is 1. The van der Waals surface area contributed by atoms with Crippen LogP contribution >= 0.6 is 23.4 Å². The molecule has 2 nitrogen and oxygen atoms in total. The molecule has 1 aromatic carbocycles. The van der Waals surface area contributed by atoms with E-state index in [0.29, 0.717) is 16.0 Å². The molecule has 0 saturated heterocycles. The number of thioether (sulfide) groups is 1. The zero-order chi connectivity index (χ0) is 10.8. The maximum Gasteiger partial charge on any atom is 0.161 e. The summed E-state index contributed by atoms with van der Waals surface area (Å²) < 4.78 is 13.0. The summed E-state index contributed by atoms with van der Waals surface area (Å²) in [7, 11) is 0. The largest absolute Gasteiger partial charge is 0.335 e. The number of hydrogen-bond acceptors (Lipinski definition) is 3. The van der Waals surface area contributed by atoms with Crippen molar-refractivity contribution < 1.29 is 4.39 Å². The molecule has 0 aromatic heterocycles. The van der Waals surface area contributed by atoms with E-state index in [0.717, 1.165) is 11.7 Å². The van der Waals surface area contributed by atoms with Crippen LogP contribution in [0.4, 0.5) is 10.1 Å². The van der Waals surface area contributed by atoms with Crippen LogP contribution in [-0.4, -0.2) is 17.0 Å². The molecule has 80 valence electrons. The first-order chi connectivity index (χ1) is 7.13. The Morgan fingerprint density at radius 1 is 1.53 bits per heavy atom. The summed E-state index contributed by atoms with van der Waals surface area (Å²) in [4.78, 5) is 4.27. The second-order valence-electron chi connectivity index (χ2n) is 3.36. The molecule has 0 spiro atoms.